The Hall–Kier alpha value is -1.39. The van der Waals surface area contributed by atoms with Gasteiger partial charge in [-0.05, 0) is 116 Å². The Morgan fingerprint density at radius 2 is 1.90 bits per heavy atom. The monoisotopic (exact) mass is 535 g/mol. The summed E-state index contributed by atoms with van der Waals surface area (Å²) in [7, 11) is 0. The van der Waals surface area contributed by atoms with E-state index in [1.54, 1.807) is 0 Å². The molecule has 10 atom stereocenters. The third-order valence-electron chi connectivity index (χ3n) is 13.2. The van der Waals surface area contributed by atoms with E-state index in [9.17, 15) is 9.90 Å². The molecular weight excluding hydrogens is 482 g/mol. The molecule has 39 heavy (non-hydrogen) atoms. The number of Topliss-reactive ketones (excluding diaryl/α,β-unsaturated/α-hetero) is 1. The molecule has 0 radical (unpaired) electrons. The Balaban J connectivity index is 1.07. The fourth-order valence-corrected chi connectivity index (χ4v) is 10.5. The van der Waals surface area contributed by atoms with Crippen LogP contribution in [0.1, 0.15) is 110 Å². The van der Waals surface area contributed by atoms with Crippen LogP contribution < -0.4 is 10.1 Å². The predicted molar refractivity (Wildman–Crippen MR) is 156 cm³/mol. The standard InChI is InChI=1S/C35H53NO3/c1-23-6-4-9-32(24(23)2)36-22-25-7-5-8-28(20-25)39-19-18-35-17-15-30-29(31(35)12-13-33(35)38)11-10-26-21-27(37)14-16-34(26,30)3/h5,7-8,20,23-24,26,29-33,36,38H,4,6,9-19,21-22H2,1-3H3/t23-,24-,26?,29?,30?,31?,32+,33-,34-,35+/m0/s1. The molecule has 4 heteroatoms. The molecular formula is C35H53NO3. The molecule has 5 aliphatic rings. The van der Waals surface area contributed by atoms with Crippen molar-refractivity contribution in [3.05, 3.63) is 29.8 Å². The van der Waals surface area contributed by atoms with E-state index in [1.807, 2.05) is 0 Å². The van der Waals surface area contributed by atoms with Gasteiger partial charge in [0.05, 0.1) is 12.7 Å². The third kappa shape index (κ3) is 5.11. The summed E-state index contributed by atoms with van der Waals surface area (Å²) in [4.78, 5) is 12.2. The van der Waals surface area contributed by atoms with E-state index in [0.717, 1.165) is 68.6 Å². The lowest BCUT2D eigenvalue weighted by molar-refractivity contribution is -0.145. The summed E-state index contributed by atoms with van der Waals surface area (Å²) in [6.07, 6.45) is 14.4. The lowest BCUT2D eigenvalue weighted by atomic mass is 9.44. The van der Waals surface area contributed by atoms with Crippen molar-refractivity contribution in [2.45, 2.75) is 123 Å². The Bertz CT molecular complexity index is 1020. The topological polar surface area (TPSA) is 58.6 Å². The summed E-state index contributed by atoms with van der Waals surface area (Å²) in [5.74, 6) is 5.64. The molecule has 0 heterocycles. The first kappa shape index (κ1) is 27.8. The van der Waals surface area contributed by atoms with Crippen LogP contribution in [-0.2, 0) is 11.3 Å². The predicted octanol–water partition coefficient (Wildman–Crippen LogP) is 7.32. The normalized spacial score (nSPS) is 43.8. The van der Waals surface area contributed by atoms with E-state index in [0.29, 0.717) is 41.6 Å². The number of hydrogen-bond donors (Lipinski definition) is 2. The maximum atomic E-state index is 12.2. The number of rotatable bonds is 7. The highest BCUT2D eigenvalue weighted by Crippen LogP contribution is 2.66. The van der Waals surface area contributed by atoms with E-state index < -0.39 is 0 Å². The highest BCUT2D eigenvalue weighted by atomic mass is 16.5. The molecule has 5 saturated carbocycles. The molecule has 5 fully saturated rings. The fraction of sp³-hybridized carbons (Fsp3) is 0.800. The van der Waals surface area contributed by atoms with Crippen LogP contribution in [0, 0.1) is 46.3 Å². The van der Waals surface area contributed by atoms with Crippen LogP contribution in [0.3, 0.4) is 0 Å². The third-order valence-corrected chi connectivity index (χ3v) is 13.2. The van der Waals surface area contributed by atoms with Crippen molar-refractivity contribution in [3.8, 4) is 5.75 Å². The molecule has 4 nitrogen and oxygen atoms in total. The zero-order valence-electron chi connectivity index (χ0n) is 24.8. The second-order valence-electron chi connectivity index (χ2n) is 14.8. The van der Waals surface area contributed by atoms with Gasteiger partial charge in [-0.2, -0.15) is 0 Å². The number of ether oxygens (including phenoxy) is 1. The highest BCUT2D eigenvalue weighted by molar-refractivity contribution is 5.79. The molecule has 1 aromatic rings. The second-order valence-corrected chi connectivity index (χ2v) is 14.8. The molecule has 0 bridgehead atoms. The van der Waals surface area contributed by atoms with Gasteiger partial charge in [-0.25, -0.2) is 0 Å². The number of benzene rings is 1. The van der Waals surface area contributed by atoms with Crippen LogP contribution in [-0.4, -0.2) is 29.6 Å². The van der Waals surface area contributed by atoms with Crippen molar-refractivity contribution < 1.29 is 14.6 Å². The number of carbonyl (C=O) groups excluding carboxylic acids is 1. The molecule has 0 amide bonds. The number of aliphatic hydroxyl groups is 1. The minimum Gasteiger partial charge on any atom is -0.494 e. The smallest absolute Gasteiger partial charge is 0.133 e. The highest BCUT2D eigenvalue weighted by Gasteiger charge is 2.61. The van der Waals surface area contributed by atoms with Gasteiger partial charge >= 0.3 is 0 Å². The lowest BCUT2D eigenvalue weighted by Gasteiger charge is -2.60. The first-order chi connectivity index (χ1) is 18.8. The first-order valence-corrected chi connectivity index (χ1v) is 16.4. The molecule has 4 unspecified atom stereocenters. The van der Waals surface area contributed by atoms with Crippen LogP contribution in [0.2, 0.25) is 0 Å². The summed E-state index contributed by atoms with van der Waals surface area (Å²) in [6.45, 7) is 8.90. The van der Waals surface area contributed by atoms with E-state index in [2.05, 4.69) is 50.4 Å². The molecule has 6 rings (SSSR count). The number of fused-ring (bicyclic) bond motifs is 5. The molecule has 216 valence electrons. The first-order valence-electron chi connectivity index (χ1n) is 16.4. The van der Waals surface area contributed by atoms with Crippen LogP contribution >= 0.6 is 0 Å². The Labute approximate surface area is 237 Å². The van der Waals surface area contributed by atoms with Gasteiger partial charge in [0.15, 0.2) is 0 Å². The van der Waals surface area contributed by atoms with Gasteiger partial charge in [0.2, 0.25) is 0 Å². The van der Waals surface area contributed by atoms with Gasteiger partial charge in [-0.3, -0.25) is 4.79 Å². The number of ketones is 1. The minimum atomic E-state index is -0.194. The Morgan fingerprint density at radius 3 is 2.77 bits per heavy atom. The average Bonchev–Trinajstić information content (AvgIpc) is 3.26. The molecule has 5 aliphatic carbocycles. The quantitative estimate of drug-likeness (QED) is 0.384. The molecule has 0 saturated heterocycles. The van der Waals surface area contributed by atoms with Crippen molar-refractivity contribution in [2.75, 3.05) is 6.61 Å². The zero-order chi connectivity index (χ0) is 27.2. The molecule has 1 aromatic carbocycles. The number of carbonyl (C=O) groups is 1. The largest absolute Gasteiger partial charge is 0.494 e. The van der Waals surface area contributed by atoms with E-state index in [-0.39, 0.29) is 11.5 Å². The van der Waals surface area contributed by atoms with Crippen LogP contribution in [0.4, 0.5) is 0 Å². The van der Waals surface area contributed by atoms with Gasteiger partial charge in [-0.15, -0.1) is 0 Å². The molecule has 0 aromatic heterocycles. The van der Waals surface area contributed by atoms with E-state index in [1.165, 1.54) is 50.5 Å². The van der Waals surface area contributed by atoms with Gasteiger partial charge in [0, 0.05) is 30.8 Å². The van der Waals surface area contributed by atoms with Crippen LogP contribution in [0.25, 0.3) is 0 Å². The Morgan fingerprint density at radius 1 is 1.03 bits per heavy atom. The SMILES string of the molecule is C[C@H]1[C@@H](C)CCC[C@H]1NCc1cccc(OCC[C@]23CCC4C(CCC5CC(=O)CC[C@@]54C)C2CC[C@@H]3O)c1. The summed E-state index contributed by atoms with van der Waals surface area (Å²) >= 11 is 0. The van der Waals surface area contributed by atoms with Crippen LogP contribution in [0.15, 0.2) is 24.3 Å². The van der Waals surface area contributed by atoms with Gasteiger partial charge in [0.25, 0.3) is 0 Å². The summed E-state index contributed by atoms with van der Waals surface area (Å²) < 4.78 is 6.41. The lowest BCUT2D eigenvalue weighted by Crippen LogP contribution is -2.55. The summed E-state index contributed by atoms with van der Waals surface area (Å²) in [6, 6.07) is 9.26. The maximum Gasteiger partial charge on any atom is 0.133 e. The zero-order valence-corrected chi connectivity index (χ0v) is 24.8. The van der Waals surface area contributed by atoms with Crippen molar-refractivity contribution in [2.24, 2.45) is 46.3 Å². The molecule has 2 N–H and O–H groups in total. The maximum absolute atomic E-state index is 12.2. The van der Waals surface area contributed by atoms with Crippen molar-refractivity contribution in [3.63, 3.8) is 0 Å². The molecule has 0 spiro atoms. The number of hydrogen-bond acceptors (Lipinski definition) is 4. The van der Waals surface area contributed by atoms with E-state index >= 15 is 0 Å². The number of nitrogens with one attached hydrogen (secondary N) is 1. The van der Waals surface area contributed by atoms with Crippen molar-refractivity contribution in [1.29, 1.82) is 0 Å². The summed E-state index contributed by atoms with van der Waals surface area (Å²) in [5, 5.41) is 15.2. The number of aliphatic hydroxyl groups excluding tert-OH is 1. The van der Waals surface area contributed by atoms with Crippen molar-refractivity contribution >= 4 is 5.78 Å². The van der Waals surface area contributed by atoms with Gasteiger partial charge in [0.1, 0.15) is 11.5 Å². The molecule has 0 aliphatic heterocycles. The second kappa shape index (κ2) is 11.1. The van der Waals surface area contributed by atoms with E-state index in [4.69, 9.17) is 4.74 Å². The van der Waals surface area contributed by atoms with Crippen molar-refractivity contribution in [1.82, 2.24) is 5.32 Å². The minimum absolute atomic E-state index is 0.0157. The van der Waals surface area contributed by atoms with Gasteiger partial charge in [-0.1, -0.05) is 45.7 Å². The Kier molecular flexibility index (Phi) is 7.92. The van der Waals surface area contributed by atoms with Crippen LogP contribution in [0.5, 0.6) is 5.75 Å². The van der Waals surface area contributed by atoms with Gasteiger partial charge < -0.3 is 15.2 Å². The summed E-state index contributed by atoms with van der Waals surface area (Å²) in [5.41, 5.74) is 1.64. The average molecular weight is 536 g/mol. The fourth-order valence-electron chi connectivity index (χ4n) is 10.5.